The SMILES string of the molecule is CCC[C@@]1(C)OC2(CO)CCCC1(C(=O)O)C2. The van der Waals surface area contributed by atoms with Gasteiger partial charge in [-0.15, -0.1) is 0 Å². The van der Waals surface area contributed by atoms with E-state index in [0.29, 0.717) is 12.8 Å². The Morgan fingerprint density at radius 3 is 2.65 bits per heavy atom. The quantitative estimate of drug-likeness (QED) is 0.790. The predicted molar refractivity (Wildman–Crippen MR) is 62.8 cm³/mol. The third-order valence-corrected chi connectivity index (χ3v) is 4.74. The Kier molecular flexibility index (Phi) is 2.99. The maximum Gasteiger partial charge on any atom is 0.312 e. The molecule has 4 nitrogen and oxygen atoms in total. The van der Waals surface area contributed by atoms with Crippen molar-refractivity contribution < 1.29 is 19.7 Å². The van der Waals surface area contributed by atoms with E-state index in [-0.39, 0.29) is 6.61 Å². The molecule has 0 aromatic carbocycles. The van der Waals surface area contributed by atoms with Crippen LogP contribution in [-0.2, 0) is 9.53 Å². The lowest BCUT2D eigenvalue weighted by atomic mass is 9.62. The van der Waals surface area contributed by atoms with Crippen molar-refractivity contribution in [3.8, 4) is 0 Å². The van der Waals surface area contributed by atoms with Crippen LogP contribution in [-0.4, -0.2) is 34.0 Å². The molecule has 1 aliphatic heterocycles. The van der Waals surface area contributed by atoms with E-state index in [1.807, 2.05) is 13.8 Å². The first-order chi connectivity index (χ1) is 7.94. The minimum Gasteiger partial charge on any atom is -0.481 e. The summed E-state index contributed by atoms with van der Waals surface area (Å²) in [5.41, 5.74) is -2.04. The highest BCUT2D eigenvalue weighted by Crippen LogP contribution is 2.60. The fourth-order valence-corrected chi connectivity index (χ4v) is 3.90. The highest BCUT2D eigenvalue weighted by Gasteiger charge is 2.67. The summed E-state index contributed by atoms with van der Waals surface area (Å²) in [5.74, 6) is -0.761. The van der Waals surface area contributed by atoms with Gasteiger partial charge in [-0.1, -0.05) is 13.3 Å². The fourth-order valence-electron chi connectivity index (χ4n) is 3.90. The zero-order valence-corrected chi connectivity index (χ0v) is 10.7. The lowest BCUT2D eigenvalue weighted by molar-refractivity contribution is -0.165. The lowest BCUT2D eigenvalue weighted by Crippen LogP contribution is -2.48. The number of hydrogen-bond donors (Lipinski definition) is 2. The summed E-state index contributed by atoms with van der Waals surface area (Å²) in [4.78, 5) is 11.7. The number of aliphatic hydroxyl groups excluding tert-OH is 1. The molecule has 0 aromatic heterocycles. The van der Waals surface area contributed by atoms with Crippen LogP contribution in [0.2, 0.25) is 0 Å². The van der Waals surface area contributed by atoms with Gasteiger partial charge in [0.15, 0.2) is 0 Å². The van der Waals surface area contributed by atoms with Gasteiger partial charge in [0.1, 0.15) is 0 Å². The molecule has 1 saturated carbocycles. The average Bonchev–Trinajstić information content (AvgIpc) is 2.46. The van der Waals surface area contributed by atoms with Crippen molar-refractivity contribution in [1.29, 1.82) is 0 Å². The van der Waals surface area contributed by atoms with Crippen molar-refractivity contribution >= 4 is 5.97 Å². The van der Waals surface area contributed by atoms with E-state index in [0.717, 1.165) is 25.7 Å². The summed E-state index contributed by atoms with van der Waals surface area (Å²) < 4.78 is 6.08. The monoisotopic (exact) mass is 242 g/mol. The van der Waals surface area contributed by atoms with E-state index < -0.39 is 22.6 Å². The first-order valence-corrected chi connectivity index (χ1v) is 6.48. The third kappa shape index (κ3) is 1.61. The van der Waals surface area contributed by atoms with Crippen LogP contribution < -0.4 is 0 Å². The van der Waals surface area contributed by atoms with E-state index in [9.17, 15) is 15.0 Å². The summed E-state index contributed by atoms with van der Waals surface area (Å²) >= 11 is 0. The van der Waals surface area contributed by atoms with Gasteiger partial charge in [0.05, 0.1) is 23.2 Å². The van der Waals surface area contributed by atoms with Crippen LogP contribution in [0.1, 0.15) is 52.4 Å². The van der Waals surface area contributed by atoms with E-state index >= 15 is 0 Å². The van der Waals surface area contributed by atoms with Crippen molar-refractivity contribution in [3.05, 3.63) is 0 Å². The molecule has 1 heterocycles. The Balaban J connectivity index is 2.42. The zero-order valence-electron chi connectivity index (χ0n) is 10.7. The highest BCUT2D eigenvalue weighted by molar-refractivity contribution is 5.77. The van der Waals surface area contributed by atoms with E-state index in [2.05, 4.69) is 0 Å². The van der Waals surface area contributed by atoms with Crippen LogP contribution in [0, 0.1) is 5.41 Å². The molecule has 0 amide bonds. The molecule has 2 bridgehead atoms. The second-order valence-electron chi connectivity index (χ2n) is 5.84. The number of carbonyl (C=O) groups is 1. The van der Waals surface area contributed by atoms with Crippen LogP contribution in [0.4, 0.5) is 0 Å². The van der Waals surface area contributed by atoms with Crippen LogP contribution in [0.15, 0.2) is 0 Å². The predicted octanol–water partition coefficient (Wildman–Crippen LogP) is 1.95. The number of ether oxygens (including phenoxy) is 1. The van der Waals surface area contributed by atoms with Gasteiger partial charge in [0, 0.05) is 0 Å². The first-order valence-electron chi connectivity index (χ1n) is 6.48. The minimum absolute atomic E-state index is 0.0681. The van der Waals surface area contributed by atoms with Gasteiger partial charge in [-0.25, -0.2) is 0 Å². The van der Waals surface area contributed by atoms with Gasteiger partial charge in [-0.3, -0.25) is 4.79 Å². The molecule has 1 saturated heterocycles. The Bertz CT molecular complexity index is 329. The van der Waals surface area contributed by atoms with E-state index in [1.165, 1.54) is 0 Å². The zero-order chi connectivity index (χ0) is 12.7. The molecule has 98 valence electrons. The summed E-state index contributed by atoms with van der Waals surface area (Å²) in [5, 5.41) is 19.2. The molecule has 17 heavy (non-hydrogen) atoms. The fraction of sp³-hybridized carbons (Fsp3) is 0.923. The standard InChI is InChI=1S/C13H22O4/c1-3-5-11(2)13(10(15)16)7-4-6-12(8-13,9-14)17-11/h14H,3-9H2,1-2H3,(H,15,16)/t11-,12?,13?/m1/s1. The summed E-state index contributed by atoms with van der Waals surface area (Å²) in [6.45, 7) is 3.88. The van der Waals surface area contributed by atoms with Crippen LogP contribution in [0.3, 0.4) is 0 Å². The average molecular weight is 242 g/mol. The number of aliphatic carboxylic acids is 1. The molecule has 1 aliphatic carbocycles. The third-order valence-electron chi connectivity index (χ3n) is 4.74. The second kappa shape index (κ2) is 3.95. The molecule has 3 atom stereocenters. The number of carboxylic acid groups (broad SMARTS) is 1. The van der Waals surface area contributed by atoms with Gasteiger partial charge < -0.3 is 14.9 Å². The molecule has 2 unspecified atom stereocenters. The number of aliphatic hydroxyl groups is 1. The number of rotatable bonds is 4. The van der Waals surface area contributed by atoms with Crippen molar-refractivity contribution in [2.24, 2.45) is 5.41 Å². The van der Waals surface area contributed by atoms with Gasteiger partial charge in [-0.2, -0.15) is 0 Å². The van der Waals surface area contributed by atoms with E-state index in [1.54, 1.807) is 0 Å². The van der Waals surface area contributed by atoms with Gasteiger partial charge in [-0.05, 0) is 39.0 Å². The summed E-state index contributed by atoms with van der Waals surface area (Å²) in [6, 6.07) is 0. The molecule has 2 N–H and O–H groups in total. The maximum absolute atomic E-state index is 11.7. The Morgan fingerprint density at radius 1 is 1.41 bits per heavy atom. The maximum atomic E-state index is 11.7. The molecule has 0 spiro atoms. The van der Waals surface area contributed by atoms with Crippen molar-refractivity contribution in [3.63, 3.8) is 0 Å². The Morgan fingerprint density at radius 2 is 2.12 bits per heavy atom. The normalized spacial score (nSPS) is 44.9. The Labute approximate surface area is 102 Å². The lowest BCUT2D eigenvalue weighted by Gasteiger charge is -2.38. The van der Waals surface area contributed by atoms with Crippen LogP contribution in [0.25, 0.3) is 0 Å². The largest absolute Gasteiger partial charge is 0.481 e. The van der Waals surface area contributed by atoms with Crippen molar-refractivity contribution in [2.45, 2.75) is 63.6 Å². The summed E-state index contributed by atoms with van der Waals surface area (Å²) in [6.07, 6.45) is 4.36. The molecule has 2 fully saturated rings. The van der Waals surface area contributed by atoms with Crippen LogP contribution in [0.5, 0.6) is 0 Å². The van der Waals surface area contributed by atoms with Crippen molar-refractivity contribution in [2.75, 3.05) is 6.61 Å². The molecule has 2 rings (SSSR count). The van der Waals surface area contributed by atoms with Gasteiger partial charge >= 0.3 is 5.97 Å². The van der Waals surface area contributed by atoms with Crippen molar-refractivity contribution in [1.82, 2.24) is 0 Å². The van der Waals surface area contributed by atoms with Gasteiger partial charge in [0.2, 0.25) is 0 Å². The molecule has 0 aromatic rings. The molecule has 4 heteroatoms. The van der Waals surface area contributed by atoms with E-state index in [4.69, 9.17) is 4.74 Å². The number of fused-ring (bicyclic) bond motifs is 2. The molecule has 0 radical (unpaired) electrons. The molecular formula is C13H22O4. The second-order valence-corrected chi connectivity index (χ2v) is 5.84. The van der Waals surface area contributed by atoms with Crippen LogP contribution >= 0.6 is 0 Å². The Hall–Kier alpha value is -0.610. The topological polar surface area (TPSA) is 66.8 Å². The molecule has 2 aliphatic rings. The first kappa shape index (κ1) is 12.8. The summed E-state index contributed by atoms with van der Waals surface area (Å²) in [7, 11) is 0. The molecular weight excluding hydrogens is 220 g/mol. The minimum atomic E-state index is -0.802. The smallest absolute Gasteiger partial charge is 0.312 e. The number of carboxylic acids is 1. The highest BCUT2D eigenvalue weighted by atomic mass is 16.5. The number of hydrogen-bond acceptors (Lipinski definition) is 3. The van der Waals surface area contributed by atoms with Gasteiger partial charge in [0.25, 0.3) is 0 Å².